The molecule has 1 amide bonds. The second-order valence-corrected chi connectivity index (χ2v) is 3.94. The second kappa shape index (κ2) is 4.34. The Morgan fingerprint density at radius 2 is 2.44 bits per heavy atom. The van der Waals surface area contributed by atoms with Gasteiger partial charge >= 0.3 is 0 Å². The van der Waals surface area contributed by atoms with E-state index in [1.165, 1.54) is 0 Å². The summed E-state index contributed by atoms with van der Waals surface area (Å²) in [6.07, 6.45) is 3.05. The molecule has 1 saturated heterocycles. The summed E-state index contributed by atoms with van der Waals surface area (Å²) in [4.78, 5) is 19.0. The van der Waals surface area contributed by atoms with Crippen molar-refractivity contribution < 1.29 is 4.79 Å². The Hall–Kier alpha value is -1.85. The van der Waals surface area contributed by atoms with Gasteiger partial charge in [0.05, 0.1) is 0 Å². The van der Waals surface area contributed by atoms with Gasteiger partial charge in [-0.1, -0.05) is 0 Å². The maximum atomic E-state index is 11.0. The first-order valence-corrected chi connectivity index (χ1v) is 5.27. The summed E-state index contributed by atoms with van der Waals surface area (Å²) in [7, 11) is 0. The Morgan fingerprint density at radius 1 is 1.62 bits per heavy atom. The maximum Gasteiger partial charge on any atom is 0.221 e. The number of rotatable bonds is 2. The van der Waals surface area contributed by atoms with Crippen LogP contribution in [0.4, 0.5) is 11.8 Å². The molecule has 0 radical (unpaired) electrons. The fraction of sp³-hybridized carbons (Fsp3) is 0.500. The molecule has 1 aliphatic heterocycles. The topological polar surface area (TPSA) is 92.9 Å². The highest BCUT2D eigenvalue weighted by molar-refractivity contribution is 5.77. The Labute approximate surface area is 93.7 Å². The van der Waals surface area contributed by atoms with E-state index in [9.17, 15) is 4.79 Å². The van der Waals surface area contributed by atoms with E-state index in [1.54, 1.807) is 6.20 Å². The van der Waals surface area contributed by atoms with Crippen molar-refractivity contribution in [3.05, 3.63) is 11.8 Å². The molecule has 86 valence electrons. The number of nitrogens with zero attached hydrogens (tertiary/aromatic N) is 2. The lowest BCUT2D eigenvalue weighted by molar-refractivity contribution is -0.122. The largest absolute Gasteiger partial charge is 0.368 e. The number of hydrogen-bond donors (Lipinski definition) is 3. The predicted molar refractivity (Wildman–Crippen MR) is 60.8 cm³/mol. The monoisotopic (exact) mass is 221 g/mol. The standard InChI is InChI=1S/C10H15N5O/c1-6-4-13-10(11)15-9(6)14-7-2-3-8(16)12-5-7/h4,7H,2-3,5H2,1H3,(H,12,16)(H3,11,13,14,15). The van der Waals surface area contributed by atoms with E-state index in [-0.39, 0.29) is 17.9 Å². The molecule has 0 bridgehead atoms. The molecule has 4 N–H and O–H groups in total. The van der Waals surface area contributed by atoms with Crippen molar-refractivity contribution in [3.8, 4) is 0 Å². The number of aromatic nitrogens is 2. The fourth-order valence-electron chi connectivity index (χ4n) is 1.65. The highest BCUT2D eigenvalue weighted by atomic mass is 16.1. The van der Waals surface area contributed by atoms with E-state index in [2.05, 4.69) is 20.6 Å². The SMILES string of the molecule is Cc1cnc(N)nc1NC1CCC(=O)NC1. The van der Waals surface area contributed by atoms with Crippen molar-refractivity contribution in [2.24, 2.45) is 0 Å². The first-order chi connectivity index (χ1) is 7.65. The zero-order chi connectivity index (χ0) is 11.5. The van der Waals surface area contributed by atoms with E-state index in [0.717, 1.165) is 17.8 Å². The van der Waals surface area contributed by atoms with Crippen LogP contribution >= 0.6 is 0 Å². The summed E-state index contributed by atoms with van der Waals surface area (Å²) in [6.45, 7) is 2.55. The number of nitrogens with one attached hydrogen (secondary N) is 2. The number of carbonyl (C=O) groups is 1. The molecule has 2 rings (SSSR count). The molecular formula is C10H15N5O. The van der Waals surface area contributed by atoms with Gasteiger partial charge in [-0.2, -0.15) is 4.98 Å². The minimum Gasteiger partial charge on any atom is -0.368 e. The Balaban J connectivity index is 2.03. The van der Waals surface area contributed by atoms with Crippen LogP contribution in [0, 0.1) is 6.92 Å². The Bertz CT molecular complexity index is 396. The van der Waals surface area contributed by atoms with Crippen molar-refractivity contribution in [2.45, 2.75) is 25.8 Å². The minimum absolute atomic E-state index is 0.108. The third kappa shape index (κ3) is 2.39. The number of amides is 1. The molecule has 1 unspecified atom stereocenters. The number of hydrogen-bond acceptors (Lipinski definition) is 5. The van der Waals surface area contributed by atoms with Crippen LogP contribution in [-0.4, -0.2) is 28.5 Å². The summed E-state index contributed by atoms with van der Waals surface area (Å²) >= 11 is 0. The van der Waals surface area contributed by atoms with Crippen molar-refractivity contribution >= 4 is 17.7 Å². The van der Waals surface area contributed by atoms with Crippen LogP contribution in [0.1, 0.15) is 18.4 Å². The van der Waals surface area contributed by atoms with Crippen molar-refractivity contribution in [2.75, 3.05) is 17.6 Å². The summed E-state index contributed by atoms with van der Waals surface area (Å²) in [5, 5.41) is 6.08. The summed E-state index contributed by atoms with van der Waals surface area (Å²) in [5.74, 6) is 1.11. The van der Waals surface area contributed by atoms with Gasteiger partial charge in [0, 0.05) is 30.8 Å². The Kier molecular flexibility index (Phi) is 2.89. The lowest BCUT2D eigenvalue weighted by Crippen LogP contribution is -2.42. The number of carbonyl (C=O) groups excluding carboxylic acids is 1. The van der Waals surface area contributed by atoms with E-state index in [4.69, 9.17) is 5.73 Å². The third-order valence-corrected chi connectivity index (χ3v) is 2.60. The molecule has 1 atom stereocenters. The van der Waals surface area contributed by atoms with Gasteiger partial charge in [0.25, 0.3) is 0 Å². The second-order valence-electron chi connectivity index (χ2n) is 3.94. The quantitative estimate of drug-likeness (QED) is 0.656. The molecule has 16 heavy (non-hydrogen) atoms. The van der Waals surface area contributed by atoms with Gasteiger partial charge in [-0.25, -0.2) is 4.98 Å². The van der Waals surface area contributed by atoms with E-state index >= 15 is 0 Å². The van der Waals surface area contributed by atoms with Crippen LogP contribution in [0.25, 0.3) is 0 Å². The van der Waals surface area contributed by atoms with Crippen molar-refractivity contribution in [1.29, 1.82) is 0 Å². The maximum absolute atomic E-state index is 11.0. The zero-order valence-corrected chi connectivity index (χ0v) is 9.16. The van der Waals surface area contributed by atoms with Gasteiger partial charge in [-0.15, -0.1) is 0 Å². The van der Waals surface area contributed by atoms with Gasteiger partial charge < -0.3 is 16.4 Å². The molecule has 6 heteroatoms. The van der Waals surface area contributed by atoms with Crippen LogP contribution in [0.3, 0.4) is 0 Å². The number of aryl methyl sites for hydroxylation is 1. The van der Waals surface area contributed by atoms with Gasteiger partial charge in [0.15, 0.2) is 0 Å². The van der Waals surface area contributed by atoms with E-state index in [0.29, 0.717) is 13.0 Å². The van der Waals surface area contributed by atoms with E-state index < -0.39 is 0 Å². The molecule has 0 aromatic carbocycles. The number of anilines is 2. The van der Waals surface area contributed by atoms with Gasteiger partial charge in [0.2, 0.25) is 11.9 Å². The predicted octanol–water partition coefficient (Wildman–Crippen LogP) is 0.0577. The van der Waals surface area contributed by atoms with Gasteiger partial charge in [-0.3, -0.25) is 4.79 Å². The first kappa shape index (κ1) is 10.7. The molecule has 1 aromatic rings. The zero-order valence-electron chi connectivity index (χ0n) is 9.16. The fourth-order valence-corrected chi connectivity index (χ4v) is 1.65. The first-order valence-electron chi connectivity index (χ1n) is 5.27. The lowest BCUT2D eigenvalue weighted by Gasteiger charge is -2.24. The highest BCUT2D eigenvalue weighted by Crippen LogP contribution is 2.15. The summed E-state index contributed by atoms with van der Waals surface area (Å²) < 4.78 is 0. The molecule has 0 spiro atoms. The van der Waals surface area contributed by atoms with E-state index in [1.807, 2.05) is 6.92 Å². The molecule has 1 aliphatic rings. The molecule has 0 saturated carbocycles. The number of nitrogens with two attached hydrogens (primary N) is 1. The molecule has 1 fully saturated rings. The van der Waals surface area contributed by atoms with Crippen LogP contribution in [-0.2, 0) is 4.79 Å². The van der Waals surface area contributed by atoms with Crippen molar-refractivity contribution in [3.63, 3.8) is 0 Å². The average Bonchev–Trinajstić information content (AvgIpc) is 2.27. The molecule has 1 aromatic heterocycles. The van der Waals surface area contributed by atoms with Gasteiger partial charge in [0.1, 0.15) is 5.82 Å². The number of piperidine rings is 1. The lowest BCUT2D eigenvalue weighted by atomic mass is 10.1. The number of nitrogen functional groups attached to an aromatic ring is 1. The molecule has 2 heterocycles. The minimum atomic E-state index is 0.108. The van der Waals surface area contributed by atoms with Crippen LogP contribution in [0.15, 0.2) is 6.20 Å². The summed E-state index contributed by atoms with van der Waals surface area (Å²) in [5.41, 5.74) is 6.47. The Morgan fingerprint density at radius 3 is 3.12 bits per heavy atom. The van der Waals surface area contributed by atoms with Crippen molar-refractivity contribution in [1.82, 2.24) is 15.3 Å². The average molecular weight is 221 g/mol. The van der Waals surface area contributed by atoms with Crippen LogP contribution in [0.2, 0.25) is 0 Å². The molecular weight excluding hydrogens is 206 g/mol. The summed E-state index contributed by atoms with van der Waals surface area (Å²) in [6, 6.07) is 0.214. The normalized spacial score (nSPS) is 20.3. The highest BCUT2D eigenvalue weighted by Gasteiger charge is 2.18. The van der Waals surface area contributed by atoms with Crippen LogP contribution < -0.4 is 16.4 Å². The third-order valence-electron chi connectivity index (χ3n) is 2.60. The molecule has 0 aliphatic carbocycles. The molecule has 6 nitrogen and oxygen atoms in total. The smallest absolute Gasteiger partial charge is 0.221 e. The van der Waals surface area contributed by atoms with Gasteiger partial charge in [-0.05, 0) is 13.3 Å². The van der Waals surface area contributed by atoms with Crippen LogP contribution in [0.5, 0.6) is 0 Å².